The number of hydrogen-bond donors (Lipinski definition) is 0. The normalized spacial score (nSPS) is 15.7. The Hall–Kier alpha value is -2.56. The average molecular weight is 381 g/mol. The summed E-state index contributed by atoms with van der Waals surface area (Å²) in [6.45, 7) is 4.17. The van der Waals surface area contributed by atoms with Crippen LogP contribution in [0, 0.1) is 6.92 Å². The van der Waals surface area contributed by atoms with Crippen molar-refractivity contribution in [3.63, 3.8) is 0 Å². The summed E-state index contributed by atoms with van der Waals surface area (Å²) in [5.41, 5.74) is 2.37. The average Bonchev–Trinajstić information content (AvgIpc) is 3.12. The van der Waals surface area contributed by atoms with E-state index in [0.29, 0.717) is 42.6 Å². The third-order valence-corrected chi connectivity index (χ3v) is 5.14. The number of nitrogens with zero attached hydrogens (tertiary/aromatic N) is 7. The molecule has 1 saturated heterocycles. The number of aryl methyl sites for hydroxylation is 1. The molecule has 3 aromatic heterocycles. The Balaban J connectivity index is 1.52. The predicted molar refractivity (Wildman–Crippen MR) is 91.4 cm³/mol. The highest BCUT2D eigenvalue weighted by atomic mass is 32.1. The Morgan fingerprint density at radius 3 is 2.42 bits per heavy atom. The zero-order valence-corrected chi connectivity index (χ0v) is 14.5. The fourth-order valence-corrected chi connectivity index (χ4v) is 3.59. The molecule has 3 aromatic rings. The second-order valence-electron chi connectivity index (χ2n) is 5.88. The Labute approximate surface area is 150 Å². The summed E-state index contributed by atoms with van der Waals surface area (Å²) in [7, 11) is 0. The molecule has 4 rings (SSSR count). The third-order valence-electron chi connectivity index (χ3n) is 4.11. The first-order valence-corrected chi connectivity index (χ1v) is 8.72. The molecule has 1 aliphatic heterocycles. The Bertz CT molecular complexity index is 934. The fourth-order valence-electron chi connectivity index (χ4n) is 2.82. The summed E-state index contributed by atoms with van der Waals surface area (Å²) in [4.78, 5) is 17.0. The minimum atomic E-state index is -4.46. The fraction of sp³-hybridized carbons (Fsp3) is 0.400. The standard InChI is InChI=1S/C15H14F3N7S/c1-9-2-3-10-11(21-9)12(20-8-19-10)24-4-6-25(7-5-24)14-23-22-13(26-14)15(16,17)18/h2-3,8H,4-7H2,1H3. The van der Waals surface area contributed by atoms with Crippen LogP contribution in [0.4, 0.5) is 24.1 Å². The molecule has 0 saturated carbocycles. The van der Waals surface area contributed by atoms with Crippen LogP contribution in [0.2, 0.25) is 0 Å². The lowest BCUT2D eigenvalue weighted by Gasteiger charge is -2.35. The van der Waals surface area contributed by atoms with Gasteiger partial charge in [0.25, 0.3) is 0 Å². The number of rotatable bonds is 2. The number of pyridine rings is 1. The lowest BCUT2D eigenvalue weighted by atomic mass is 10.2. The van der Waals surface area contributed by atoms with Crippen LogP contribution < -0.4 is 9.80 Å². The van der Waals surface area contributed by atoms with Crippen molar-refractivity contribution in [3.05, 3.63) is 29.2 Å². The molecule has 0 bridgehead atoms. The van der Waals surface area contributed by atoms with Crippen LogP contribution >= 0.6 is 11.3 Å². The van der Waals surface area contributed by atoms with E-state index < -0.39 is 11.2 Å². The van der Waals surface area contributed by atoms with Gasteiger partial charge in [-0.15, -0.1) is 10.2 Å². The Morgan fingerprint density at radius 2 is 1.73 bits per heavy atom. The summed E-state index contributed by atoms with van der Waals surface area (Å²) in [5, 5.41) is 6.30. The molecular weight excluding hydrogens is 367 g/mol. The molecule has 1 fully saturated rings. The van der Waals surface area contributed by atoms with E-state index in [1.807, 2.05) is 24.0 Å². The van der Waals surface area contributed by atoms with Gasteiger partial charge in [0.1, 0.15) is 11.8 Å². The summed E-state index contributed by atoms with van der Waals surface area (Å²) in [5.74, 6) is 0.742. The lowest BCUT2D eigenvalue weighted by Crippen LogP contribution is -2.47. The summed E-state index contributed by atoms with van der Waals surface area (Å²) in [6, 6.07) is 3.80. The zero-order valence-electron chi connectivity index (χ0n) is 13.7. The number of alkyl halides is 3. The first-order valence-electron chi connectivity index (χ1n) is 7.91. The molecule has 4 heterocycles. The molecule has 0 spiro atoms. The minimum Gasteiger partial charge on any atom is -0.351 e. The number of anilines is 2. The van der Waals surface area contributed by atoms with Crippen molar-refractivity contribution < 1.29 is 13.2 Å². The first-order chi connectivity index (χ1) is 12.4. The quantitative estimate of drug-likeness (QED) is 0.675. The highest BCUT2D eigenvalue weighted by molar-refractivity contribution is 7.15. The molecule has 0 radical (unpaired) electrons. The van der Waals surface area contributed by atoms with E-state index in [0.717, 1.165) is 22.5 Å². The molecule has 0 aliphatic carbocycles. The number of piperazine rings is 1. The molecule has 0 atom stereocenters. The van der Waals surface area contributed by atoms with E-state index in [1.165, 1.54) is 6.33 Å². The van der Waals surface area contributed by atoms with Gasteiger partial charge in [-0.1, -0.05) is 11.3 Å². The molecule has 0 amide bonds. The van der Waals surface area contributed by atoms with Gasteiger partial charge in [-0.2, -0.15) is 13.2 Å². The maximum absolute atomic E-state index is 12.7. The monoisotopic (exact) mass is 381 g/mol. The van der Waals surface area contributed by atoms with E-state index >= 15 is 0 Å². The largest absolute Gasteiger partial charge is 0.445 e. The van der Waals surface area contributed by atoms with Gasteiger partial charge >= 0.3 is 6.18 Å². The number of halogens is 3. The summed E-state index contributed by atoms with van der Waals surface area (Å²) in [6.07, 6.45) is -2.96. The van der Waals surface area contributed by atoms with Crippen LogP contribution in [0.15, 0.2) is 18.5 Å². The van der Waals surface area contributed by atoms with Crippen molar-refractivity contribution in [3.8, 4) is 0 Å². The van der Waals surface area contributed by atoms with Crippen LogP contribution in [0.1, 0.15) is 10.7 Å². The van der Waals surface area contributed by atoms with Crippen molar-refractivity contribution in [1.29, 1.82) is 0 Å². The van der Waals surface area contributed by atoms with E-state index in [1.54, 1.807) is 0 Å². The number of aromatic nitrogens is 5. The van der Waals surface area contributed by atoms with E-state index in [-0.39, 0.29) is 0 Å². The maximum atomic E-state index is 12.7. The van der Waals surface area contributed by atoms with Crippen molar-refractivity contribution in [2.45, 2.75) is 13.1 Å². The van der Waals surface area contributed by atoms with Crippen LogP contribution in [0.25, 0.3) is 11.0 Å². The van der Waals surface area contributed by atoms with Gasteiger partial charge < -0.3 is 9.80 Å². The summed E-state index contributed by atoms with van der Waals surface area (Å²) < 4.78 is 38.1. The zero-order chi connectivity index (χ0) is 18.3. The Kier molecular flexibility index (Phi) is 4.10. The van der Waals surface area contributed by atoms with Crippen molar-refractivity contribution in [1.82, 2.24) is 25.1 Å². The minimum absolute atomic E-state index is 0.290. The van der Waals surface area contributed by atoms with Crippen molar-refractivity contribution >= 4 is 33.3 Å². The molecule has 0 aromatic carbocycles. The van der Waals surface area contributed by atoms with Crippen LogP contribution in [0.3, 0.4) is 0 Å². The van der Waals surface area contributed by atoms with E-state index in [9.17, 15) is 13.2 Å². The molecule has 136 valence electrons. The van der Waals surface area contributed by atoms with E-state index in [2.05, 4.69) is 30.0 Å². The van der Waals surface area contributed by atoms with Crippen LogP contribution in [-0.2, 0) is 6.18 Å². The topological polar surface area (TPSA) is 70.9 Å². The molecule has 0 N–H and O–H groups in total. The lowest BCUT2D eigenvalue weighted by molar-refractivity contribution is -0.138. The molecular formula is C15H14F3N7S. The highest BCUT2D eigenvalue weighted by Crippen LogP contribution is 2.34. The molecule has 0 unspecified atom stereocenters. The SMILES string of the molecule is Cc1ccc2ncnc(N3CCN(c4nnc(C(F)(F)F)s4)CC3)c2n1. The van der Waals surface area contributed by atoms with E-state index in [4.69, 9.17) is 0 Å². The van der Waals surface area contributed by atoms with Gasteiger partial charge in [0, 0.05) is 31.9 Å². The number of fused-ring (bicyclic) bond motifs is 1. The van der Waals surface area contributed by atoms with Gasteiger partial charge in [-0.05, 0) is 19.1 Å². The summed E-state index contributed by atoms with van der Waals surface area (Å²) >= 11 is 0.570. The Morgan fingerprint density at radius 1 is 1.00 bits per heavy atom. The van der Waals surface area contributed by atoms with Gasteiger partial charge in [-0.25, -0.2) is 15.0 Å². The second kappa shape index (κ2) is 6.31. The smallest absolute Gasteiger partial charge is 0.351 e. The highest BCUT2D eigenvalue weighted by Gasteiger charge is 2.36. The predicted octanol–water partition coefficient (Wildman–Crippen LogP) is 2.53. The van der Waals surface area contributed by atoms with Gasteiger partial charge in [-0.3, -0.25) is 0 Å². The van der Waals surface area contributed by atoms with Crippen LogP contribution in [-0.4, -0.2) is 51.3 Å². The third kappa shape index (κ3) is 3.14. The van der Waals surface area contributed by atoms with Crippen molar-refractivity contribution in [2.75, 3.05) is 36.0 Å². The molecule has 7 nitrogen and oxygen atoms in total. The second-order valence-corrected chi connectivity index (χ2v) is 6.84. The van der Waals surface area contributed by atoms with Crippen LogP contribution in [0.5, 0.6) is 0 Å². The molecule has 11 heteroatoms. The van der Waals surface area contributed by atoms with Gasteiger partial charge in [0.2, 0.25) is 10.1 Å². The molecule has 26 heavy (non-hydrogen) atoms. The van der Waals surface area contributed by atoms with Gasteiger partial charge in [0.15, 0.2) is 5.82 Å². The number of hydrogen-bond acceptors (Lipinski definition) is 8. The molecule has 1 aliphatic rings. The van der Waals surface area contributed by atoms with Gasteiger partial charge in [0.05, 0.1) is 5.52 Å². The first kappa shape index (κ1) is 16.9. The maximum Gasteiger partial charge on any atom is 0.445 e. The van der Waals surface area contributed by atoms with Crippen molar-refractivity contribution in [2.24, 2.45) is 0 Å².